The van der Waals surface area contributed by atoms with Gasteiger partial charge in [-0.3, -0.25) is 0 Å². The van der Waals surface area contributed by atoms with E-state index in [1.54, 1.807) is 0 Å². The molecule has 0 bridgehead atoms. The maximum atomic E-state index is 8.51. The van der Waals surface area contributed by atoms with Gasteiger partial charge in [-0.15, -0.1) is 0 Å². The Hall–Kier alpha value is -0.0400. The Kier molecular flexibility index (Phi) is 6.93. The molecule has 0 spiro atoms. The Labute approximate surface area is 52.7 Å². The Balaban J connectivity index is 0. The lowest BCUT2D eigenvalue weighted by molar-refractivity contribution is 0.203. The Morgan fingerprint density at radius 2 is 1.62 bits per heavy atom. The summed E-state index contributed by atoms with van der Waals surface area (Å²) in [5.74, 6) is 1.07. The van der Waals surface area contributed by atoms with Crippen molar-refractivity contribution in [1.29, 1.82) is 0 Å². The van der Waals surface area contributed by atoms with Gasteiger partial charge in [0, 0.05) is 6.61 Å². The maximum Gasteiger partial charge on any atom is 0.0459 e. The molecular formula is C7H18O. The number of hydrogen-bond donors (Lipinski definition) is 1. The average Bonchev–Trinajstić information content (AvgIpc) is 1.65. The first-order valence-corrected chi connectivity index (χ1v) is 2.79. The van der Waals surface area contributed by atoms with Crippen LogP contribution < -0.4 is 0 Å². The van der Waals surface area contributed by atoms with Crippen molar-refractivity contribution in [1.82, 2.24) is 0 Å². The smallest absolute Gasteiger partial charge is 0.0459 e. The van der Waals surface area contributed by atoms with E-state index in [1.165, 1.54) is 0 Å². The summed E-state index contributed by atoms with van der Waals surface area (Å²) in [6.45, 7) is 6.59. The molecule has 1 atom stereocenters. The Bertz CT molecular complexity index is 41.7. The van der Waals surface area contributed by atoms with E-state index in [0.717, 1.165) is 0 Å². The van der Waals surface area contributed by atoms with Crippen LogP contribution in [0.25, 0.3) is 0 Å². The van der Waals surface area contributed by atoms with E-state index in [-0.39, 0.29) is 7.43 Å². The lowest BCUT2D eigenvalue weighted by Crippen LogP contribution is -2.07. The van der Waals surface area contributed by atoms with E-state index in [4.69, 9.17) is 5.11 Å². The molecule has 0 aromatic rings. The van der Waals surface area contributed by atoms with E-state index in [9.17, 15) is 0 Å². The number of aliphatic hydroxyl groups excluding tert-OH is 1. The van der Waals surface area contributed by atoms with E-state index in [1.807, 2.05) is 6.92 Å². The molecule has 0 rings (SSSR count). The van der Waals surface area contributed by atoms with Crippen molar-refractivity contribution in [2.45, 2.75) is 28.2 Å². The quantitative estimate of drug-likeness (QED) is 0.587. The first-order chi connectivity index (χ1) is 3.18. The van der Waals surface area contributed by atoms with Crippen LogP contribution in [0, 0.1) is 11.8 Å². The van der Waals surface area contributed by atoms with Gasteiger partial charge < -0.3 is 5.11 Å². The second-order valence-corrected chi connectivity index (χ2v) is 2.40. The van der Waals surface area contributed by atoms with Gasteiger partial charge in [0.2, 0.25) is 0 Å². The Morgan fingerprint density at radius 1 is 1.25 bits per heavy atom. The minimum Gasteiger partial charge on any atom is -0.396 e. The molecule has 0 saturated carbocycles. The molecule has 0 aliphatic carbocycles. The second kappa shape index (κ2) is 5.10. The lowest BCUT2D eigenvalue weighted by atomic mass is 10.00. The molecule has 0 heterocycles. The van der Waals surface area contributed by atoms with Crippen molar-refractivity contribution < 1.29 is 5.11 Å². The maximum absolute atomic E-state index is 8.51. The summed E-state index contributed by atoms with van der Waals surface area (Å²) in [6.07, 6.45) is 0. The van der Waals surface area contributed by atoms with Crippen molar-refractivity contribution in [2.75, 3.05) is 6.61 Å². The van der Waals surface area contributed by atoms with Gasteiger partial charge in [0.15, 0.2) is 0 Å². The first kappa shape index (κ1) is 10.9. The third-order valence-electron chi connectivity index (χ3n) is 1.43. The highest BCUT2D eigenvalue weighted by atomic mass is 16.3. The third kappa shape index (κ3) is 4.13. The lowest BCUT2D eigenvalue weighted by Gasteiger charge is -2.09. The van der Waals surface area contributed by atoms with E-state index in [0.29, 0.717) is 18.4 Å². The largest absolute Gasteiger partial charge is 0.396 e. The predicted molar refractivity (Wildman–Crippen MR) is 37.8 cm³/mol. The second-order valence-electron chi connectivity index (χ2n) is 2.40. The van der Waals surface area contributed by atoms with Crippen LogP contribution in [0.4, 0.5) is 0 Å². The van der Waals surface area contributed by atoms with Crippen LogP contribution in [0.2, 0.25) is 0 Å². The summed E-state index contributed by atoms with van der Waals surface area (Å²) in [5, 5.41) is 8.51. The van der Waals surface area contributed by atoms with Crippen LogP contribution in [0.3, 0.4) is 0 Å². The van der Waals surface area contributed by atoms with E-state index < -0.39 is 0 Å². The molecule has 8 heavy (non-hydrogen) atoms. The highest BCUT2D eigenvalue weighted by Gasteiger charge is 2.02. The minimum absolute atomic E-state index is 0. The summed E-state index contributed by atoms with van der Waals surface area (Å²) in [7, 11) is 0. The monoisotopic (exact) mass is 118 g/mol. The van der Waals surface area contributed by atoms with Crippen molar-refractivity contribution >= 4 is 0 Å². The van der Waals surface area contributed by atoms with Crippen molar-refractivity contribution in [2.24, 2.45) is 11.8 Å². The first-order valence-electron chi connectivity index (χ1n) is 2.79. The molecule has 0 fully saturated rings. The Morgan fingerprint density at radius 3 is 1.62 bits per heavy atom. The molecular weight excluding hydrogens is 100 g/mol. The summed E-state index contributed by atoms with van der Waals surface area (Å²) < 4.78 is 0. The number of hydrogen-bond acceptors (Lipinski definition) is 1. The fraction of sp³-hybridized carbons (Fsp3) is 1.00. The molecule has 0 aliphatic rings. The molecule has 0 aromatic heterocycles. The normalized spacial score (nSPS) is 13.1. The van der Waals surface area contributed by atoms with Crippen LogP contribution in [0.5, 0.6) is 0 Å². The van der Waals surface area contributed by atoms with Gasteiger partial charge in [0.25, 0.3) is 0 Å². The van der Waals surface area contributed by atoms with Crippen molar-refractivity contribution in [3.8, 4) is 0 Å². The highest BCUT2D eigenvalue weighted by Crippen LogP contribution is 2.06. The number of aliphatic hydroxyl groups is 1. The van der Waals surface area contributed by atoms with Crippen LogP contribution in [0.15, 0.2) is 0 Å². The molecule has 52 valence electrons. The third-order valence-corrected chi connectivity index (χ3v) is 1.43. The van der Waals surface area contributed by atoms with Crippen LogP contribution >= 0.6 is 0 Å². The van der Waals surface area contributed by atoms with Gasteiger partial charge in [0.1, 0.15) is 0 Å². The van der Waals surface area contributed by atoms with Crippen molar-refractivity contribution in [3.63, 3.8) is 0 Å². The van der Waals surface area contributed by atoms with Gasteiger partial charge in [-0.1, -0.05) is 28.2 Å². The molecule has 0 radical (unpaired) electrons. The molecule has 1 nitrogen and oxygen atoms in total. The van der Waals surface area contributed by atoms with Crippen molar-refractivity contribution in [3.05, 3.63) is 0 Å². The van der Waals surface area contributed by atoms with Crippen LogP contribution in [-0.2, 0) is 0 Å². The van der Waals surface area contributed by atoms with Crippen LogP contribution in [-0.4, -0.2) is 11.7 Å². The molecule has 1 unspecified atom stereocenters. The van der Waals surface area contributed by atoms with Gasteiger partial charge in [-0.05, 0) is 11.8 Å². The number of rotatable bonds is 2. The summed E-state index contributed by atoms with van der Waals surface area (Å²) >= 11 is 0. The molecule has 1 N–H and O–H groups in total. The summed E-state index contributed by atoms with van der Waals surface area (Å²) in [4.78, 5) is 0. The van der Waals surface area contributed by atoms with Gasteiger partial charge in [0.05, 0.1) is 0 Å². The zero-order valence-corrected chi connectivity index (χ0v) is 5.31. The van der Waals surface area contributed by atoms with Crippen LogP contribution in [0.1, 0.15) is 28.2 Å². The molecule has 1 heteroatoms. The van der Waals surface area contributed by atoms with Gasteiger partial charge >= 0.3 is 0 Å². The van der Waals surface area contributed by atoms with E-state index in [2.05, 4.69) is 13.8 Å². The predicted octanol–water partition coefficient (Wildman–Crippen LogP) is 1.91. The standard InChI is InChI=1S/C6H14O.CH4/c1-5(2)6(3)4-7;/h5-7H,4H2,1-3H3;1H4. The SMILES string of the molecule is C.CC(C)C(C)CO. The molecule has 0 saturated heterocycles. The fourth-order valence-corrected chi connectivity index (χ4v) is 0.211. The van der Waals surface area contributed by atoms with E-state index >= 15 is 0 Å². The summed E-state index contributed by atoms with van der Waals surface area (Å²) in [6, 6.07) is 0. The topological polar surface area (TPSA) is 20.2 Å². The summed E-state index contributed by atoms with van der Waals surface area (Å²) in [5.41, 5.74) is 0. The highest BCUT2D eigenvalue weighted by molar-refractivity contribution is 4.52. The molecule has 0 amide bonds. The molecule has 0 aromatic carbocycles. The molecule has 0 aliphatic heterocycles. The average molecular weight is 118 g/mol. The van der Waals surface area contributed by atoms with Gasteiger partial charge in [-0.25, -0.2) is 0 Å². The zero-order chi connectivity index (χ0) is 5.86. The zero-order valence-electron chi connectivity index (χ0n) is 5.31. The van der Waals surface area contributed by atoms with Gasteiger partial charge in [-0.2, -0.15) is 0 Å². The minimum atomic E-state index is 0. The fourth-order valence-electron chi connectivity index (χ4n) is 0.211.